The number of hydrogen-bond acceptors (Lipinski definition) is 6. The molecule has 0 aliphatic heterocycles. The van der Waals surface area contributed by atoms with Crippen molar-refractivity contribution in [3.63, 3.8) is 0 Å². The number of oxazole rings is 1. The number of benzene rings is 1. The summed E-state index contributed by atoms with van der Waals surface area (Å²) in [6.07, 6.45) is 0. The van der Waals surface area contributed by atoms with Crippen molar-refractivity contribution in [2.24, 2.45) is 0 Å². The molecule has 0 amide bonds. The summed E-state index contributed by atoms with van der Waals surface area (Å²) in [6.45, 7) is 6.02. The Morgan fingerprint density at radius 1 is 1.07 bits per heavy atom. The van der Waals surface area contributed by atoms with Crippen LogP contribution in [0.1, 0.15) is 22.8 Å². The van der Waals surface area contributed by atoms with Gasteiger partial charge in [0.25, 0.3) is 0 Å². The first-order valence-electron chi connectivity index (χ1n) is 8.98. The second-order valence-corrected chi connectivity index (χ2v) is 8.68. The van der Waals surface area contributed by atoms with Gasteiger partial charge in [0.15, 0.2) is 0 Å². The summed E-state index contributed by atoms with van der Waals surface area (Å²) in [5.74, 6) is 3.09. The van der Waals surface area contributed by atoms with E-state index in [-0.39, 0.29) is 0 Å². The van der Waals surface area contributed by atoms with Crippen LogP contribution in [0.5, 0.6) is 0 Å². The van der Waals surface area contributed by atoms with Gasteiger partial charge in [-0.3, -0.25) is 4.40 Å². The van der Waals surface area contributed by atoms with Crippen LogP contribution in [0.4, 0.5) is 0 Å². The van der Waals surface area contributed by atoms with E-state index in [9.17, 15) is 0 Å². The van der Waals surface area contributed by atoms with Gasteiger partial charge >= 0.3 is 0 Å². The SMILES string of the molecule is Cc1cccc(-c2nc(CSc3nnc(C)n4c3cc3sccc34)c(C)o2)c1. The predicted molar refractivity (Wildman–Crippen MR) is 114 cm³/mol. The molecule has 0 saturated heterocycles. The van der Waals surface area contributed by atoms with Crippen LogP contribution in [-0.4, -0.2) is 19.6 Å². The molecule has 5 rings (SSSR count). The molecule has 0 spiro atoms. The van der Waals surface area contributed by atoms with Gasteiger partial charge in [0.2, 0.25) is 5.89 Å². The van der Waals surface area contributed by atoms with Gasteiger partial charge < -0.3 is 4.42 Å². The molecule has 0 aliphatic rings. The van der Waals surface area contributed by atoms with Crippen LogP contribution in [0.15, 0.2) is 51.2 Å². The Kier molecular flexibility index (Phi) is 4.21. The lowest BCUT2D eigenvalue weighted by molar-refractivity contribution is 0.540. The molecule has 7 heteroatoms. The molecule has 0 aliphatic carbocycles. The van der Waals surface area contributed by atoms with Crippen molar-refractivity contribution >= 4 is 38.8 Å². The molecular weight excluding hydrogens is 388 g/mol. The minimum absolute atomic E-state index is 0.667. The van der Waals surface area contributed by atoms with E-state index in [4.69, 9.17) is 9.40 Å². The molecule has 4 heterocycles. The molecule has 4 aromatic heterocycles. The van der Waals surface area contributed by atoms with E-state index in [0.29, 0.717) is 11.6 Å². The lowest BCUT2D eigenvalue weighted by Gasteiger charge is -2.05. The quantitative estimate of drug-likeness (QED) is 0.352. The van der Waals surface area contributed by atoms with Crippen molar-refractivity contribution in [3.05, 3.63) is 64.6 Å². The molecule has 5 nitrogen and oxygen atoms in total. The van der Waals surface area contributed by atoms with Gasteiger partial charge in [-0.2, -0.15) is 0 Å². The highest BCUT2D eigenvalue weighted by atomic mass is 32.2. The minimum Gasteiger partial charge on any atom is -0.441 e. The lowest BCUT2D eigenvalue weighted by atomic mass is 10.1. The van der Waals surface area contributed by atoms with E-state index in [1.54, 1.807) is 23.1 Å². The summed E-state index contributed by atoms with van der Waals surface area (Å²) >= 11 is 3.38. The molecule has 28 heavy (non-hydrogen) atoms. The number of hydrogen-bond donors (Lipinski definition) is 0. The van der Waals surface area contributed by atoms with Gasteiger partial charge in [-0.15, -0.1) is 21.5 Å². The molecule has 0 fully saturated rings. The Morgan fingerprint density at radius 3 is 2.82 bits per heavy atom. The van der Waals surface area contributed by atoms with Crippen molar-refractivity contribution in [3.8, 4) is 11.5 Å². The van der Waals surface area contributed by atoms with Crippen molar-refractivity contribution in [1.82, 2.24) is 19.6 Å². The summed E-state index contributed by atoms with van der Waals surface area (Å²) in [4.78, 5) is 4.73. The summed E-state index contributed by atoms with van der Waals surface area (Å²) in [5, 5.41) is 11.8. The molecule has 0 N–H and O–H groups in total. The molecule has 0 bridgehead atoms. The zero-order valence-corrected chi connectivity index (χ0v) is 17.4. The number of thiophene rings is 1. The van der Waals surface area contributed by atoms with Gasteiger partial charge in [0.1, 0.15) is 16.6 Å². The highest BCUT2D eigenvalue weighted by Crippen LogP contribution is 2.33. The Morgan fingerprint density at radius 2 is 1.96 bits per heavy atom. The fourth-order valence-electron chi connectivity index (χ4n) is 3.35. The van der Waals surface area contributed by atoms with Crippen LogP contribution in [0, 0.1) is 20.8 Å². The van der Waals surface area contributed by atoms with E-state index in [0.717, 1.165) is 33.4 Å². The Labute approximate surface area is 170 Å². The van der Waals surface area contributed by atoms with Crippen molar-refractivity contribution in [1.29, 1.82) is 0 Å². The van der Waals surface area contributed by atoms with Gasteiger partial charge in [-0.25, -0.2) is 4.98 Å². The molecule has 0 atom stereocenters. The van der Waals surface area contributed by atoms with Gasteiger partial charge in [-0.1, -0.05) is 29.5 Å². The molecule has 0 saturated carbocycles. The van der Waals surface area contributed by atoms with Crippen LogP contribution in [0.3, 0.4) is 0 Å². The smallest absolute Gasteiger partial charge is 0.226 e. The first-order valence-corrected chi connectivity index (χ1v) is 10.8. The summed E-state index contributed by atoms with van der Waals surface area (Å²) < 4.78 is 9.35. The Hall–Kier alpha value is -2.64. The average Bonchev–Trinajstić information content (AvgIpc) is 3.36. The fraction of sp³-hybridized carbons (Fsp3) is 0.190. The maximum absolute atomic E-state index is 5.92. The molecular formula is C21H18N4OS2. The number of rotatable bonds is 4. The molecule has 5 aromatic rings. The summed E-state index contributed by atoms with van der Waals surface area (Å²) in [6, 6.07) is 12.5. The number of thioether (sulfide) groups is 1. The van der Waals surface area contributed by atoms with E-state index >= 15 is 0 Å². The molecule has 0 unspecified atom stereocenters. The van der Waals surface area contributed by atoms with Gasteiger partial charge in [-0.05, 0) is 50.4 Å². The largest absolute Gasteiger partial charge is 0.441 e. The molecule has 140 valence electrons. The third-order valence-corrected chi connectivity index (χ3v) is 6.59. The van der Waals surface area contributed by atoms with E-state index in [1.807, 2.05) is 26.0 Å². The van der Waals surface area contributed by atoms with Crippen LogP contribution >= 0.6 is 23.1 Å². The zero-order valence-electron chi connectivity index (χ0n) is 15.8. The van der Waals surface area contributed by atoms with Crippen molar-refractivity contribution < 1.29 is 4.42 Å². The minimum atomic E-state index is 0.667. The lowest BCUT2D eigenvalue weighted by Crippen LogP contribution is -2.00. The normalized spacial score (nSPS) is 11.7. The number of aromatic nitrogens is 4. The highest BCUT2D eigenvalue weighted by molar-refractivity contribution is 7.98. The van der Waals surface area contributed by atoms with E-state index in [2.05, 4.69) is 51.2 Å². The van der Waals surface area contributed by atoms with E-state index in [1.165, 1.54) is 15.8 Å². The second-order valence-electron chi connectivity index (χ2n) is 6.77. The average molecular weight is 407 g/mol. The first kappa shape index (κ1) is 17.5. The topological polar surface area (TPSA) is 56.2 Å². The zero-order chi connectivity index (χ0) is 19.3. The van der Waals surface area contributed by atoms with Gasteiger partial charge in [0, 0.05) is 11.3 Å². The predicted octanol–water partition coefficient (Wildman–Crippen LogP) is 5.82. The Bertz CT molecular complexity index is 1310. The summed E-state index contributed by atoms with van der Waals surface area (Å²) in [7, 11) is 0. The third-order valence-electron chi connectivity index (χ3n) is 4.75. The second kappa shape index (κ2) is 6.76. The first-order chi connectivity index (χ1) is 13.6. The van der Waals surface area contributed by atoms with Crippen molar-refractivity contribution in [2.75, 3.05) is 0 Å². The fourth-order valence-corrected chi connectivity index (χ4v) is 5.09. The van der Waals surface area contributed by atoms with Gasteiger partial charge in [0.05, 0.1) is 21.4 Å². The summed E-state index contributed by atoms with van der Waals surface area (Å²) in [5.41, 5.74) is 5.42. The third kappa shape index (κ3) is 2.91. The number of fused-ring (bicyclic) bond motifs is 3. The maximum Gasteiger partial charge on any atom is 0.226 e. The van der Waals surface area contributed by atoms with Crippen LogP contribution in [0.25, 0.3) is 27.2 Å². The number of aryl methyl sites for hydroxylation is 3. The molecule has 1 aromatic carbocycles. The number of nitrogens with zero attached hydrogens (tertiary/aromatic N) is 4. The molecule has 0 radical (unpaired) electrons. The van der Waals surface area contributed by atoms with E-state index < -0.39 is 0 Å². The monoisotopic (exact) mass is 406 g/mol. The standard InChI is InChI=1S/C21H18N4OS2/c1-12-5-4-6-15(9-12)20-22-16(13(2)26-20)11-28-21-18-10-19-17(7-8-27-19)25(18)14(3)23-24-21/h4-10H,11H2,1-3H3. The Balaban J connectivity index is 1.46. The van der Waals surface area contributed by atoms with Crippen LogP contribution in [-0.2, 0) is 5.75 Å². The highest BCUT2D eigenvalue weighted by Gasteiger charge is 2.16. The maximum atomic E-state index is 5.92. The van der Waals surface area contributed by atoms with Crippen LogP contribution in [0.2, 0.25) is 0 Å². The van der Waals surface area contributed by atoms with Crippen molar-refractivity contribution in [2.45, 2.75) is 31.6 Å². The van der Waals surface area contributed by atoms with Crippen LogP contribution < -0.4 is 0 Å².